The van der Waals surface area contributed by atoms with E-state index in [-0.39, 0.29) is 11.7 Å². The lowest BCUT2D eigenvalue weighted by Gasteiger charge is -2.17. The first kappa shape index (κ1) is 13.3. The van der Waals surface area contributed by atoms with Gasteiger partial charge >= 0.3 is 11.8 Å². The van der Waals surface area contributed by atoms with Crippen LogP contribution in [0.15, 0.2) is 27.4 Å². The van der Waals surface area contributed by atoms with Crippen molar-refractivity contribution in [2.45, 2.75) is 32.8 Å². The Morgan fingerprint density at radius 3 is 3.00 bits per heavy atom. The third-order valence-electron chi connectivity index (χ3n) is 3.07. The number of ether oxygens (including phenoxy) is 2. The molecule has 0 unspecified atom stereocenters. The average Bonchev–Trinajstić information content (AvgIpc) is 2.94. The lowest BCUT2D eigenvalue weighted by atomic mass is 10.0. The molecular formula is C15H14N2O4. The molecule has 1 aliphatic heterocycles. The number of hydrogen-bond acceptors (Lipinski definition) is 5. The summed E-state index contributed by atoms with van der Waals surface area (Å²) in [7, 11) is 0. The normalized spacial score (nSPS) is 14.8. The highest BCUT2D eigenvalue weighted by Gasteiger charge is 2.33. The van der Waals surface area contributed by atoms with Crippen LogP contribution in [0.2, 0.25) is 0 Å². The molecule has 1 aromatic heterocycles. The molecule has 2 aromatic rings. The van der Waals surface area contributed by atoms with E-state index in [1.54, 1.807) is 13.0 Å². The summed E-state index contributed by atoms with van der Waals surface area (Å²) in [6.45, 7) is 5.59. The Morgan fingerprint density at radius 2 is 2.24 bits per heavy atom. The fraction of sp³-hybridized carbons (Fsp3) is 0.333. The monoisotopic (exact) mass is 286 g/mol. The van der Waals surface area contributed by atoms with E-state index >= 15 is 0 Å². The van der Waals surface area contributed by atoms with Gasteiger partial charge in [-0.25, -0.2) is 4.79 Å². The number of rotatable bonds is 2. The number of benzene rings is 1. The van der Waals surface area contributed by atoms with Crippen LogP contribution in [0.3, 0.4) is 0 Å². The summed E-state index contributed by atoms with van der Waals surface area (Å²) in [5.41, 5.74) is 1.26. The maximum Gasteiger partial charge on any atom is 0.444 e. The van der Waals surface area contributed by atoms with Crippen molar-refractivity contribution >= 4 is 0 Å². The van der Waals surface area contributed by atoms with E-state index in [4.69, 9.17) is 13.9 Å². The van der Waals surface area contributed by atoms with Crippen LogP contribution < -0.4 is 15.2 Å². The van der Waals surface area contributed by atoms with Crippen LogP contribution in [-0.4, -0.2) is 15.4 Å². The van der Waals surface area contributed by atoms with Crippen LogP contribution in [-0.2, 0) is 6.42 Å². The van der Waals surface area contributed by atoms with Gasteiger partial charge in [-0.1, -0.05) is 23.2 Å². The van der Waals surface area contributed by atoms with E-state index in [1.807, 2.05) is 26.0 Å². The van der Waals surface area contributed by atoms with E-state index in [2.05, 4.69) is 17.1 Å². The van der Waals surface area contributed by atoms with Gasteiger partial charge in [-0.2, -0.15) is 4.68 Å². The Hall–Kier alpha value is -2.68. The van der Waals surface area contributed by atoms with Crippen molar-refractivity contribution in [3.8, 4) is 29.5 Å². The van der Waals surface area contributed by atoms with Crippen LogP contribution in [0.25, 0.3) is 5.69 Å². The molecule has 2 heterocycles. The summed E-state index contributed by atoms with van der Waals surface area (Å²) in [4.78, 5) is 11.9. The molecule has 0 saturated heterocycles. The third kappa shape index (κ3) is 2.38. The number of fused-ring (bicyclic) bond motifs is 1. The van der Waals surface area contributed by atoms with Gasteiger partial charge in [0.15, 0.2) is 0 Å². The van der Waals surface area contributed by atoms with Gasteiger partial charge in [-0.15, -0.1) is 0 Å². The molecule has 6 heteroatoms. The smallest absolute Gasteiger partial charge is 0.444 e. The molecule has 0 spiro atoms. The van der Waals surface area contributed by atoms with Gasteiger partial charge in [0.05, 0.1) is 0 Å². The second kappa shape index (κ2) is 4.70. The molecule has 0 amide bonds. The summed E-state index contributed by atoms with van der Waals surface area (Å²) < 4.78 is 16.8. The Labute approximate surface area is 121 Å². The van der Waals surface area contributed by atoms with Crippen molar-refractivity contribution in [1.29, 1.82) is 0 Å². The van der Waals surface area contributed by atoms with E-state index in [1.165, 1.54) is 0 Å². The summed E-state index contributed by atoms with van der Waals surface area (Å²) >= 11 is 0. The van der Waals surface area contributed by atoms with Crippen molar-refractivity contribution in [1.82, 2.24) is 9.78 Å². The van der Waals surface area contributed by atoms with Crippen molar-refractivity contribution in [2.24, 2.45) is 0 Å². The number of hydrogen-bond donors (Lipinski definition) is 0. The highest BCUT2D eigenvalue weighted by Crippen LogP contribution is 2.38. The fourth-order valence-corrected chi connectivity index (χ4v) is 2.32. The quantitative estimate of drug-likeness (QED) is 0.789. The molecule has 0 N–H and O–H groups in total. The summed E-state index contributed by atoms with van der Waals surface area (Å²) in [5, 5.41) is 3.98. The van der Waals surface area contributed by atoms with Crippen LogP contribution in [0.5, 0.6) is 11.8 Å². The van der Waals surface area contributed by atoms with E-state index in [0.717, 1.165) is 16.7 Å². The molecule has 21 heavy (non-hydrogen) atoms. The van der Waals surface area contributed by atoms with Crippen LogP contribution in [0.1, 0.15) is 26.3 Å². The summed E-state index contributed by atoms with van der Waals surface area (Å²) in [6.07, 6.45) is 2.91. The molecule has 1 aromatic carbocycles. The van der Waals surface area contributed by atoms with E-state index in [9.17, 15) is 4.79 Å². The zero-order chi connectivity index (χ0) is 15.0. The first-order valence-electron chi connectivity index (χ1n) is 6.50. The van der Waals surface area contributed by atoms with Gasteiger partial charge in [-0.05, 0) is 19.9 Å². The molecule has 0 saturated carbocycles. The molecule has 0 atom stereocenters. The Morgan fingerprint density at radius 1 is 1.43 bits per heavy atom. The first-order chi connectivity index (χ1) is 10.00. The lowest BCUT2D eigenvalue weighted by Crippen LogP contribution is -2.25. The van der Waals surface area contributed by atoms with E-state index in [0.29, 0.717) is 11.4 Å². The Kier molecular flexibility index (Phi) is 2.98. The SMILES string of the molecule is CC#COc1nn(-c2cccc3c2OC(C)(C)C3)c(=O)o1. The average molecular weight is 286 g/mol. The highest BCUT2D eigenvalue weighted by atomic mass is 16.6. The Bertz CT molecular complexity index is 805. The highest BCUT2D eigenvalue weighted by molar-refractivity contribution is 5.54. The van der Waals surface area contributed by atoms with Gasteiger partial charge in [0, 0.05) is 18.9 Å². The topological polar surface area (TPSA) is 66.5 Å². The maximum absolute atomic E-state index is 11.9. The van der Waals surface area contributed by atoms with Crippen molar-refractivity contribution in [3.05, 3.63) is 34.3 Å². The number of nitrogens with zero attached hydrogens (tertiary/aromatic N) is 2. The molecule has 0 fully saturated rings. The van der Waals surface area contributed by atoms with Crippen LogP contribution in [0, 0.1) is 12.0 Å². The molecule has 0 radical (unpaired) electrons. The minimum absolute atomic E-state index is 0.191. The molecule has 108 valence electrons. The van der Waals surface area contributed by atoms with Crippen molar-refractivity contribution < 1.29 is 13.9 Å². The molecule has 1 aliphatic rings. The number of aromatic nitrogens is 2. The minimum Gasteiger partial charge on any atom is -0.485 e. The second-order valence-electron chi connectivity index (χ2n) is 5.30. The maximum atomic E-state index is 11.9. The molecule has 6 nitrogen and oxygen atoms in total. The largest absolute Gasteiger partial charge is 0.485 e. The van der Waals surface area contributed by atoms with Crippen LogP contribution >= 0.6 is 0 Å². The molecular weight excluding hydrogens is 272 g/mol. The molecule has 0 bridgehead atoms. The molecule has 0 aliphatic carbocycles. The first-order valence-corrected chi connectivity index (χ1v) is 6.50. The predicted molar refractivity (Wildman–Crippen MR) is 74.6 cm³/mol. The summed E-state index contributed by atoms with van der Waals surface area (Å²) in [5.74, 6) is 2.52. The zero-order valence-electron chi connectivity index (χ0n) is 12.0. The number of para-hydroxylation sites is 1. The van der Waals surface area contributed by atoms with Crippen LogP contribution in [0.4, 0.5) is 0 Å². The predicted octanol–water partition coefficient (Wildman–Crippen LogP) is 1.90. The van der Waals surface area contributed by atoms with Gasteiger partial charge in [0.1, 0.15) is 23.1 Å². The van der Waals surface area contributed by atoms with E-state index < -0.39 is 5.76 Å². The van der Waals surface area contributed by atoms with Gasteiger partial charge in [-0.3, -0.25) is 0 Å². The lowest BCUT2D eigenvalue weighted by molar-refractivity contribution is 0.138. The van der Waals surface area contributed by atoms with Gasteiger partial charge < -0.3 is 13.9 Å². The second-order valence-corrected chi connectivity index (χ2v) is 5.30. The fourth-order valence-electron chi connectivity index (χ4n) is 2.32. The van der Waals surface area contributed by atoms with Crippen molar-refractivity contribution in [2.75, 3.05) is 0 Å². The Balaban J connectivity index is 2.07. The zero-order valence-corrected chi connectivity index (χ0v) is 12.0. The third-order valence-corrected chi connectivity index (χ3v) is 3.07. The van der Waals surface area contributed by atoms with Crippen molar-refractivity contribution in [3.63, 3.8) is 0 Å². The van der Waals surface area contributed by atoms with Gasteiger partial charge in [0.2, 0.25) is 0 Å². The minimum atomic E-state index is -0.649. The summed E-state index contributed by atoms with van der Waals surface area (Å²) in [6, 6.07) is 5.57. The van der Waals surface area contributed by atoms with Gasteiger partial charge in [0.25, 0.3) is 0 Å². The molecule has 3 rings (SSSR count). The standard InChI is InChI=1S/C15H14N2O4/c1-4-8-19-13-16-17(14(18)20-13)11-7-5-6-10-9-15(2,3)21-12(10)11/h5-7H,9H2,1-3H3.